The summed E-state index contributed by atoms with van der Waals surface area (Å²) in [6.07, 6.45) is 3.02. The Morgan fingerprint density at radius 3 is 1.64 bits per heavy atom. The van der Waals surface area contributed by atoms with Crippen LogP contribution in [-0.4, -0.2) is 59.8 Å². The molecule has 2 N–H and O–H groups in total. The van der Waals surface area contributed by atoms with Gasteiger partial charge in [-0.1, -0.05) is 34.1 Å². The molecule has 0 aliphatic rings. The lowest BCUT2D eigenvalue weighted by molar-refractivity contribution is 0.0142. The van der Waals surface area contributed by atoms with Crippen molar-refractivity contribution in [3.8, 4) is 0 Å². The lowest BCUT2D eigenvalue weighted by Gasteiger charge is -2.10. The highest BCUT2D eigenvalue weighted by Crippen LogP contribution is 2.04. The molecular formula is C21H46N2O5. The highest BCUT2D eigenvalue weighted by Gasteiger charge is 2.15. The van der Waals surface area contributed by atoms with Crippen molar-refractivity contribution in [3.05, 3.63) is 26.0 Å². The van der Waals surface area contributed by atoms with Gasteiger partial charge < -0.3 is 24.8 Å². The minimum absolute atomic E-state index is 0. The van der Waals surface area contributed by atoms with E-state index in [1.54, 1.807) is 6.92 Å². The summed E-state index contributed by atoms with van der Waals surface area (Å²) in [7, 11) is 1.92. The Morgan fingerprint density at radius 2 is 1.21 bits per heavy atom. The second-order valence-electron chi connectivity index (χ2n) is 5.94. The van der Waals surface area contributed by atoms with Gasteiger partial charge in [-0.05, 0) is 33.4 Å². The van der Waals surface area contributed by atoms with Gasteiger partial charge in [0.05, 0.1) is 32.1 Å². The number of rotatable bonds is 15. The van der Waals surface area contributed by atoms with Crippen LogP contribution in [0.1, 0.15) is 55.4 Å². The molecule has 1 rings (SSSR count). The Labute approximate surface area is 173 Å². The van der Waals surface area contributed by atoms with Crippen molar-refractivity contribution < 1.29 is 17.1 Å². The van der Waals surface area contributed by atoms with Crippen molar-refractivity contribution in [2.24, 2.45) is 0 Å². The zero-order chi connectivity index (χ0) is 21.6. The van der Waals surface area contributed by atoms with Gasteiger partial charge in [-0.2, -0.15) is 0 Å². The van der Waals surface area contributed by atoms with Crippen molar-refractivity contribution in [1.82, 2.24) is 5.32 Å². The number of ether oxygens (including phenoxy) is 3. The van der Waals surface area contributed by atoms with Crippen LogP contribution in [0.3, 0.4) is 0 Å². The minimum Gasteiger partial charge on any atom is -0.381 e. The second-order valence-corrected chi connectivity index (χ2v) is 5.94. The van der Waals surface area contributed by atoms with Crippen LogP contribution in [0.15, 0.2) is 9.59 Å². The fraction of sp³-hybridized carbons (Fsp3) is 0.810. The summed E-state index contributed by atoms with van der Waals surface area (Å²) in [6.45, 7) is 15.1. The summed E-state index contributed by atoms with van der Waals surface area (Å²) < 4.78 is 16.2. The molecule has 28 heavy (non-hydrogen) atoms. The minimum atomic E-state index is -0.412. The third-order valence-electron chi connectivity index (χ3n) is 3.38. The Hall–Kier alpha value is -1.28. The maximum atomic E-state index is 11.2. The first kappa shape index (κ1) is 28.9. The fourth-order valence-electron chi connectivity index (χ4n) is 2.00. The summed E-state index contributed by atoms with van der Waals surface area (Å²) in [5.41, 5.74) is 0.183. The highest BCUT2D eigenvalue weighted by molar-refractivity contribution is 5.55. The molecule has 0 radical (unpaired) electrons. The third-order valence-corrected chi connectivity index (χ3v) is 3.38. The van der Waals surface area contributed by atoms with E-state index in [9.17, 15) is 9.59 Å². The summed E-state index contributed by atoms with van der Waals surface area (Å²) >= 11 is 0. The average Bonchev–Trinajstić information content (AvgIpc) is 2.72. The SMILES string of the molecule is CC.CCC.CNCCCOCCOCCOCCCNc1c(C)c(=O)c1=O.[HH].[HH]. The monoisotopic (exact) mass is 406 g/mol. The molecule has 0 fully saturated rings. The van der Waals surface area contributed by atoms with E-state index >= 15 is 0 Å². The third kappa shape index (κ3) is 14.7. The molecule has 0 saturated carbocycles. The molecule has 0 atom stereocenters. The van der Waals surface area contributed by atoms with Gasteiger partial charge in [0, 0.05) is 28.2 Å². The molecule has 1 aromatic carbocycles. The van der Waals surface area contributed by atoms with E-state index in [0.29, 0.717) is 50.8 Å². The van der Waals surface area contributed by atoms with Crippen LogP contribution in [-0.2, 0) is 14.2 Å². The quantitative estimate of drug-likeness (QED) is 0.342. The molecule has 170 valence electrons. The molecule has 0 aromatic heterocycles. The molecule has 0 spiro atoms. The van der Waals surface area contributed by atoms with Crippen LogP contribution in [0.25, 0.3) is 0 Å². The predicted octanol–water partition coefficient (Wildman–Crippen LogP) is 2.99. The average molecular weight is 407 g/mol. The Morgan fingerprint density at radius 1 is 0.786 bits per heavy atom. The summed E-state index contributed by atoms with van der Waals surface area (Å²) in [4.78, 5) is 22.2. The summed E-state index contributed by atoms with van der Waals surface area (Å²) in [5.74, 6) is 0. The van der Waals surface area contributed by atoms with Gasteiger partial charge in [-0.25, -0.2) is 0 Å². The smallest absolute Gasteiger partial charge is 0.249 e. The zero-order valence-corrected chi connectivity index (χ0v) is 18.8. The number of hydrogen-bond acceptors (Lipinski definition) is 7. The summed E-state index contributed by atoms with van der Waals surface area (Å²) in [5, 5.41) is 6.03. The van der Waals surface area contributed by atoms with E-state index in [4.69, 9.17) is 14.2 Å². The van der Waals surface area contributed by atoms with Crippen LogP contribution < -0.4 is 21.5 Å². The molecule has 0 aliphatic heterocycles. The topological polar surface area (TPSA) is 85.9 Å². The second kappa shape index (κ2) is 22.0. The molecule has 1 aromatic rings. The maximum absolute atomic E-state index is 11.2. The van der Waals surface area contributed by atoms with Gasteiger partial charge in [0.15, 0.2) is 0 Å². The molecular weight excluding hydrogens is 360 g/mol. The number of hydrogen-bond donors (Lipinski definition) is 2. The van der Waals surface area contributed by atoms with Crippen molar-refractivity contribution in [2.75, 3.05) is 65.1 Å². The molecule has 0 unspecified atom stereocenters. The standard InChI is InChI=1S/C16H28N2O5.C3H8.C2H6.2H2/c1-13-14(16(20)15(13)19)18-6-4-8-22-10-12-23-11-9-21-7-3-5-17-2;1-3-2;1-2;;/h17-18H,3-12H2,1-2H3;3H2,1-2H3;1-2H3;2*1H. The maximum Gasteiger partial charge on any atom is 0.249 e. The molecule has 0 aliphatic carbocycles. The molecule has 0 amide bonds. The lowest BCUT2D eigenvalue weighted by Crippen LogP contribution is -2.37. The molecule has 7 nitrogen and oxygen atoms in total. The van der Waals surface area contributed by atoms with Crippen LogP contribution in [0.4, 0.5) is 5.69 Å². The first-order valence-corrected chi connectivity index (χ1v) is 10.5. The number of anilines is 1. The lowest BCUT2D eigenvalue weighted by atomic mass is 10.1. The van der Waals surface area contributed by atoms with Gasteiger partial charge in [0.1, 0.15) is 0 Å². The van der Waals surface area contributed by atoms with E-state index in [-0.39, 0.29) is 8.28 Å². The van der Waals surface area contributed by atoms with E-state index in [1.165, 1.54) is 6.42 Å². The van der Waals surface area contributed by atoms with Crippen LogP contribution >= 0.6 is 0 Å². The van der Waals surface area contributed by atoms with Gasteiger partial charge >= 0.3 is 0 Å². The fourth-order valence-corrected chi connectivity index (χ4v) is 2.00. The first-order valence-electron chi connectivity index (χ1n) is 10.5. The van der Waals surface area contributed by atoms with Gasteiger partial charge in [0.25, 0.3) is 0 Å². The summed E-state index contributed by atoms with van der Waals surface area (Å²) in [6, 6.07) is 0. The Kier molecular flexibility index (Phi) is 22.7. The zero-order valence-electron chi connectivity index (χ0n) is 18.8. The van der Waals surface area contributed by atoms with E-state index in [2.05, 4.69) is 24.5 Å². The van der Waals surface area contributed by atoms with Gasteiger partial charge in [-0.15, -0.1) is 0 Å². The number of nitrogens with one attached hydrogen (secondary N) is 2. The normalized spacial score (nSPS) is 10.1. The molecule has 0 saturated heterocycles. The van der Waals surface area contributed by atoms with Gasteiger partial charge in [0.2, 0.25) is 10.9 Å². The molecule has 0 heterocycles. The first-order chi connectivity index (χ1) is 13.6. The largest absolute Gasteiger partial charge is 0.381 e. The van der Waals surface area contributed by atoms with E-state index in [1.807, 2.05) is 20.9 Å². The highest BCUT2D eigenvalue weighted by atomic mass is 16.5. The van der Waals surface area contributed by atoms with Crippen LogP contribution in [0.2, 0.25) is 0 Å². The molecule has 7 heteroatoms. The Bertz CT molecular complexity index is 524. The van der Waals surface area contributed by atoms with Crippen LogP contribution in [0.5, 0.6) is 0 Å². The Balaban J connectivity index is -0.000000441. The van der Waals surface area contributed by atoms with Crippen molar-refractivity contribution in [1.29, 1.82) is 0 Å². The van der Waals surface area contributed by atoms with Gasteiger partial charge in [-0.3, -0.25) is 9.59 Å². The van der Waals surface area contributed by atoms with Crippen molar-refractivity contribution in [2.45, 2.75) is 53.9 Å². The van der Waals surface area contributed by atoms with Crippen LogP contribution in [0, 0.1) is 6.92 Å². The molecule has 0 bridgehead atoms. The van der Waals surface area contributed by atoms with Crippen molar-refractivity contribution in [3.63, 3.8) is 0 Å². The van der Waals surface area contributed by atoms with E-state index in [0.717, 1.165) is 26.0 Å². The predicted molar refractivity (Wildman–Crippen MR) is 122 cm³/mol. The van der Waals surface area contributed by atoms with E-state index < -0.39 is 5.43 Å². The van der Waals surface area contributed by atoms with Crippen molar-refractivity contribution >= 4 is 5.69 Å².